The fraction of sp³-hybridized carbons (Fsp3) is 0.607. The maximum atomic E-state index is 14.9. The molecule has 22 nitrogen and oxygen atoms in total. The minimum atomic E-state index is -5.30. The number of fused-ring (bicyclic) bond motifs is 4. The average Bonchev–Trinajstić information content (AvgIpc) is 3.70. The van der Waals surface area contributed by atoms with E-state index >= 15 is 0 Å². The number of hydrogen-bond donors (Lipinski definition) is 1. The van der Waals surface area contributed by atoms with Gasteiger partial charge in [-0.05, 0) is 91.2 Å². The van der Waals surface area contributed by atoms with E-state index in [0.29, 0.717) is 110 Å². The second-order valence-corrected chi connectivity index (χ2v) is 24.5. The molecule has 3 heterocycles. The smallest absolute Gasteiger partial charge is 0.253 e. The molecule has 0 radical (unpaired) electrons. The number of sulfonamides is 1. The number of carbonyl (C=O) groups excluding carboxylic acids is 3. The van der Waals surface area contributed by atoms with Gasteiger partial charge in [-0.15, -0.1) is 0 Å². The van der Waals surface area contributed by atoms with Crippen molar-refractivity contribution < 1.29 is 88.3 Å². The van der Waals surface area contributed by atoms with E-state index in [0.717, 1.165) is 5.06 Å². The van der Waals surface area contributed by atoms with Crippen molar-refractivity contribution in [1.29, 1.82) is 0 Å². The Labute approximate surface area is 468 Å². The predicted octanol–water partition coefficient (Wildman–Crippen LogP) is 3.17. The first-order valence-corrected chi connectivity index (χ1v) is 30.1. The Bertz CT molecular complexity index is 3020. The lowest BCUT2D eigenvalue weighted by atomic mass is 9.69. The van der Waals surface area contributed by atoms with Crippen LogP contribution in [0, 0.1) is 5.41 Å². The number of carboxylic acid groups (broad SMARTS) is 1. The number of ether oxygens (including phenoxy) is 9. The van der Waals surface area contributed by atoms with Crippen molar-refractivity contribution in [2.75, 3.05) is 119 Å². The van der Waals surface area contributed by atoms with Crippen LogP contribution in [0.2, 0.25) is 0 Å². The van der Waals surface area contributed by atoms with Gasteiger partial charge < -0.3 is 57.1 Å². The molecule has 1 N–H and O–H groups in total. The number of aromatic carboxylic acids is 1. The van der Waals surface area contributed by atoms with Crippen molar-refractivity contribution in [3.63, 3.8) is 0 Å². The summed E-state index contributed by atoms with van der Waals surface area (Å²) in [4.78, 5) is 44.9. The number of carbonyl (C=O) groups is 3. The number of hydrogen-bond acceptors (Lipinski definition) is 20. The number of nitrogens with zero attached hydrogens (tertiary/aromatic N) is 2. The van der Waals surface area contributed by atoms with Gasteiger partial charge in [0, 0.05) is 47.9 Å². The topological polar surface area (TPSA) is 286 Å². The molecule has 24 heteroatoms. The Morgan fingerprint density at radius 2 is 1.19 bits per heavy atom. The molecule has 3 aromatic carbocycles. The maximum Gasteiger partial charge on any atom is 0.253 e. The van der Waals surface area contributed by atoms with Crippen molar-refractivity contribution in [3.05, 3.63) is 80.4 Å². The summed E-state index contributed by atoms with van der Waals surface area (Å²) in [5, 5.41) is 13.9. The zero-order valence-corrected chi connectivity index (χ0v) is 48.2. The molecule has 0 bridgehead atoms. The molecule has 3 aliphatic heterocycles. The van der Waals surface area contributed by atoms with Crippen LogP contribution >= 0.6 is 0 Å². The van der Waals surface area contributed by atoms with Crippen molar-refractivity contribution >= 4 is 43.5 Å². The second kappa shape index (κ2) is 28.5. The molecule has 0 saturated carbocycles. The molecule has 4 aliphatic rings. The third-order valence-corrected chi connectivity index (χ3v) is 16.3. The molecule has 80 heavy (non-hydrogen) atoms. The average molecular weight is 1160 g/mol. The van der Waals surface area contributed by atoms with Gasteiger partial charge >= 0.3 is 0 Å². The summed E-state index contributed by atoms with van der Waals surface area (Å²) in [6.07, 6.45) is 2.37. The Kier molecular flexibility index (Phi) is 22.3. The third kappa shape index (κ3) is 16.5. The largest absolute Gasteiger partial charge is 0.744 e. The fourth-order valence-electron chi connectivity index (χ4n) is 10.6. The summed E-state index contributed by atoms with van der Waals surface area (Å²) in [5.41, 5.74) is 0.544. The molecule has 2 unspecified atom stereocenters. The monoisotopic (exact) mass is 1160 g/mol. The highest BCUT2D eigenvalue weighted by atomic mass is 32.2. The lowest BCUT2D eigenvalue weighted by Gasteiger charge is -2.39. The molecular weight excluding hydrogens is 1080 g/mol. The van der Waals surface area contributed by atoms with Gasteiger partial charge in [0.1, 0.15) is 15.0 Å². The van der Waals surface area contributed by atoms with Crippen LogP contribution in [0.25, 0.3) is 5.57 Å². The summed E-state index contributed by atoms with van der Waals surface area (Å²) in [7, 11) is -9.88. The molecular formula is C56H75N3O19S2-2. The Morgan fingerprint density at radius 3 is 1.73 bits per heavy atom. The van der Waals surface area contributed by atoms with Crippen LogP contribution in [0.4, 0.5) is 0 Å². The highest BCUT2D eigenvalue weighted by Gasteiger charge is 2.41. The maximum absolute atomic E-state index is 14.9. The van der Waals surface area contributed by atoms with Crippen LogP contribution in [-0.4, -0.2) is 169 Å². The standard InChI is InChI=1S/C56H77N3O19S2/c1-37-34-55(3,4)36-45-41(37)32-43-48(39-10-7-8-11-40(39)54(62)63)44-33-42-38(2)35-56(5,6)58-49(42)53(51(44)78-50(43)52(45)80(66,67)68)79(64,65)57-14-17-70-19-21-72-23-25-74-27-29-76-31-30-75-28-26-73-24-22-71-20-18-69-15-9-16-77-59-46(60)12-13-47(59)61/h7-8,10-11,32-33,37-38,57H,9,12-31,34-36H2,1-6H3,(H,62,63)(H,66,67,68)/p-2. The molecule has 2 atom stereocenters. The molecule has 7 rings (SSSR count). The number of hydroxylamine groups is 2. The Morgan fingerprint density at radius 1 is 0.675 bits per heavy atom. The van der Waals surface area contributed by atoms with E-state index in [4.69, 9.17) is 52.5 Å². The second-order valence-electron chi connectivity index (χ2n) is 21.5. The summed E-state index contributed by atoms with van der Waals surface area (Å²) < 4.78 is 124. The third-order valence-electron chi connectivity index (χ3n) is 13.9. The molecule has 0 spiro atoms. The van der Waals surface area contributed by atoms with E-state index in [-0.39, 0.29) is 137 Å². The van der Waals surface area contributed by atoms with Crippen LogP contribution < -0.4 is 25.1 Å². The van der Waals surface area contributed by atoms with E-state index in [1.807, 2.05) is 41.5 Å². The fourth-order valence-corrected chi connectivity index (χ4v) is 12.8. The van der Waals surface area contributed by atoms with E-state index in [1.54, 1.807) is 24.3 Å². The first kappa shape index (κ1) is 62.8. The minimum Gasteiger partial charge on any atom is -0.744 e. The number of benzene rings is 3. The summed E-state index contributed by atoms with van der Waals surface area (Å²) in [6, 6.07) is 9.54. The van der Waals surface area contributed by atoms with E-state index in [1.165, 1.54) is 12.1 Å². The Hall–Kier alpha value is -4.80. The summed E-state index contributed by atoms with van der Waals surface area (Å²) in [6.45, 7) is 16.9. The van der Waals surface area contributed by atoms with Crippen LogP contribution in [0.5, 0.6) is 11.5 Å². The summed E-state index contributed by atoms with van der Waals surface area (Å²) in [5.74, 6) is -3.24. The quantitative estimate of drug-likeness (QED) is 0.0399. The van der Waals surface area contributed by atoms with Gasteiger partial charge in [0.2, 0.25) is 10.0 Å². The highest BCUT2D eigenvalue weighted by molar-refractivity contribution is 7.89. The zero-order valence-electron chi connectivity index (χ0n) is 46.6. The molecule has 2 amide bonds. The van der Waals surface area contributed by atoms with Gasteiger partial charge in [0.25, 0.3) is 11.8 Å². The molecule has 1 fully saturated rings. The van der Waals surface area contributed by atoms with Crippen LogP contribution in [0.3, 0.4) is 0 Å². The van der Waals surface area contributed by atoms with E-state index in [2.05, 4.69) is 4.72 Å². The normalized spacial score (nSPS) is 18.3. The summed E-state index contributed by atoms with van der Waals surface area (Å²) >= 11 is 0. The van der Waals surface area contributed by atoms with E-state index in [9.17, 15) is 40.9 Å². The van der Waals surface area contributed by atoms with Crippen molar-refractivity contribution in [1.82, 2.24) is 9.79 Å². The molecule has 442 valence electrons. The lowest BCUT2D eigenvalue weighted by Crippen LogP contribution is -2.41. The first-order chi connectivity index (χ1) is 38.1. The Balaban J connectivity index is 0.850. The first-order valence-electron chi connectivity index (χ1n) is 27.2. The number of nitrogens with one attached hydrogen (secondary N) is 1. The van der Waals surface area contributed by atoms with Crippen LogP contribution in [0.1, 0.15) is 124 Å². The number of carboxylic acids is 1. The number of rotatable bonds is 34. The number of amides is 2. The van der Waals surface area contributed by atoms with Gasteiger partial charge in [-0.2, -0.15) is 5.06 Å². The van der Waals surface area contributed by atoms with Crippen molar-refractivity contribution in [3.8, 4) is 11.5 Å². The lowest BCUT2D eigenvalue weighted by molar-refractivity contribution is -0.255. The van der Waals surface area contributed by atoms with Gasteiger partial charge in [0.15, 0.2) is 16.4 Å². The molecule has 1 saturated heterocycles. The molecule has 0 aromatic heterocycles. The minimum absolute atomic E-state index is 0.0504. The zero-order chi connectivity index (χ0) is 57.7. The van der Waals surface area contributed by atoms with Gasteiger partial charge in [0.05, 0.1) is 123 Å². The van der Waals surface area contributed by atoms with Crippen LogP contribution in [-0.2, 0) is 78.9 Å². The van der Waals surface area contributed by atoms with Crippen molar-refractivity contribution in [2.24, 2.45) is 10.4 Å². The van der Waals surface area contributed by atoms with Crippen LogP contribution in [0.15, 0.2) is 51.2 Å². The van der Waals surface area contributed by atoms with Crippen molar-refractivity contribution in [2.45, 2.75) is 107 Å². The van der Waals surface area contributed by atoms with E-state index < -0.39 is 42.0 Å². The number of imide groups is 1. The SMILES string of the molecule is CC1CC(C)(C)Cc2c1cc1c(c2S(=O)(=O)[O-])Oc2c(S(=O)(=O)NCCOCCOCCOCCOCCOCCOCCOCCOCCCON3C(=O)CCC3=O)c3c(cc2=C1c1ccccc1C(=O)[O-])C(C)CC(C)(C)N=3. The highest BCUT2D eigenvalue weighted by Crippen LogP contribution is 2.51. The van der Waals surface area contributed by atoms with Gasteiger partial charge in [-0.3, -0.25) is 19.4 Å². The van der Waals surface area contributed by atoms with Gasteiger partial charge in [-0.25, -0.2) is 21.6 Å². The molecule has 1 aliphatic carbocycles. The van der Waals surface area contributed by atoms with Gasteiger partial charge in [-0.1, -0.05) is 52.0 Å². The molecule has 3 aromatic rings. The predicted molar refractivity (Wildman–Crippen MR) is 285 cm³/mol.